The van der Waals surface area contributed by atoms with Gasteiger partial charge in [-0.2, -0.15) is 0 Å². The molecule has 0 bridgehead atoms. The van der Waals surface area contributed by atoms with E-state index in [0.717, 1.165) is 6.42 Å². The van der Waals surface area contributed by atoms with Crippen molar-refractivity contribution in [3.8, 4) is 11.1 Å². The molecule has 0 amide bonds. The Morgan fingerprint density at radius 2 is 1.35 bits per heavy atom. The maximum atomic E-state index is 2.32. The molecule has 1 aliphatic rings. The van der Waals surface area contributed by atoms with Crippen LogP contribution in [0.2, 0.25) is 0 Å². The van der Waals surface area contributed by atoms with E-state index in [4.69, 9.17) is 0 Å². The molecule has 0 nitrogen and oxygen atoms in total. The summed E-state index contributed by atoms with van der Waals surface area (Å²) in [4.78, 5) is 0. The van der Waals surface area contributed by atoms with Crippen molar-refractivity contribution in [2.75, 3.05) is 0 Å². The lowest BCUT2D eigenvalue weighted by molar-refractivity contribution is 1.27. The fraction of sp³-hybridized carbons (Fsp3) is 0.0526. The first-order valence-electron chi connectivity index (χ1n) is 7.01. The van der Waals surface area contributed by atoms with Crippen LogP contribution in [0.4, 0.5) is 0 Å². The topological polar surface area (TPSA) is 0 Å². The van der Waals surface area contributed by atoms with Crippen LogP contribution in [0.15, 0.2) is 72.8 Å². The van der Waals surface area contributed by atoms with Gasteiger partial charge in [0.15, 0.2) is 7.28 Å². The molecule has 0 unspecified atom stereocenters. The zero-order valence-electron chi connectivity index (χ0n) is 11.2. The number of hydrogen-bond donors (Lipinski definition) is 0. The summed E-state index contributed by atoms with van der Waals surface area (Å²) in [6.45, 7) is 0. The van der Waals surface area contributed by atoms with Crippen LogP contribution in [-0.4, -0.2) is 7.28 Å². The Balaban J connectivity index is 1.69. The molecular formula is C19H14B. The third kappa shape index (κ3) is 1.96. The molecule has 3 aromatic rings. The lowest BCUT2D eigenvalue weighted by atomic mass is 9.63. The summed E-state index contributed by atoms with van der Waals surface area (Å²) < 4.78 is 0. The number of hydrogen-bond acceptors (Lipinski definition) is 0. The molecule has 0 aliphatic heterocycles. The summed E-state index contributed by atoms with van der Waals surface area (Å²) in [5, 5.41) is 0. The highest BCUT2D eigenvalue weighted by molar-refractivity contribution is 6.67. The molecule has 0 fully saturated rings. The summed E-state index contributed by atoms with van der Waals surface area (Å²) in [6.07, 6.45) is 1.06. The predicted octanol–water partition coefficient (Wildman–Crippen LogP) is 2.91. The van der Waals surface area contributed by atoms with Crippen LogP contribution in [0, 0.1) is 0 Å². The Labute approximate surface area is 120 Å². The quantitative estimate of drug-likeness (QED) is 0.482. The third-order valence-electron chi connectivity index (χ3n) is 3.95. The molecule has 0 saturated heterocycles. The van der Waals surface area contributed by atoms with E-state index in [1.807, 2.05) is 0 Å². The van der Waals surface area contributed by atoms with E-state index in [0.29, 0.717) is 0 Å². The largest absolute Gasteiger partial charge is 0.191 e. The second kappa shape index (κ2) is 4.68. The standard InChI is InChI=1S/C19H14B/c1-2-7-16(8-3-1)20-17-10-11-19-15(13-17)12-14-6-4-5-9-18(14)19/h1-11,13H,12H2. The van der Waals surface area contributed by atoms with Gasteiger partial charge in [0.2, 0.25) is 0 Å². The van der Waals surface area contributed by atoms with Crippen LogP contribution in [0.1, 0.15) is 11.1 Å². The molecule has 1 aliphatic carbocycles. The van der Waals surface area contributed by atoms with Crippen LogP contribution in [0.3, 0.4) is 0 Å². The van der Waals surface area contributed by atoms with Crippen LogP contribution in [0.5, 0.6) is 0 Å². The fourth-order valence-corrected chi connectivity index (χ4v) is 3.00. The van der Waals surface area contributed by atoms with E-state index in [2.05, 4.69) is 80.1 Å². The summed E-state index contributed by atoms with van der Waals surface area (Å²) in [7, 11) is 2.24. The number of rotatable bonds is 2. The summed E-state index contributed by atoms with van der Waals surface area (Å²) in [5.74, 6) is 0. The molecular weight excluding hydrogens is 239 g/mol. The van der Waals surface area contributed by atoms with Crippen molar-refractivity contribution in [3.63, 3.8) is 0 Å². The Kier molecular flexibility index (Phi) is 2.70. The average Bonchev–Trinajstić information content (AvgIpc) is 2.86. The monoisotopic (exact) mass is 253 g/mol. The third-order valence-corrected chi connectivity index (χ3v) is 3.95. The van der Waals surface area contributed by atoms with Crippen LogP contribution in [0.25, 0.3) is 11.1 Å². The maximum Gasteiger partial charge on any atom is 0.191 e. The molecule has 3 aromatic carbocycles. The zero-order chi connectivity index (χ0) is 13.4. The smallest absolute Gasteiger partial charge is 0.0814 e. The van der Waals surface area contributed by atoms with Crippen LogP contribution >= 0.6 is 0 Å². The molecule has 0 spiro atoms. The van der Waals surface area contributed by atoms with E-state index in [-0.39, 0.29) is 0 Å². The first kappa shape index (κ1) is 11.5. The molecule has 0 heterocycles. The molecule has 93 valence electrons. The van der Waals surface area contributed by atoms with Crippen molar-refractivity contribution in [2.24, 2.45) is 0 Å². The van der Waals surface area contributed by atoms with Gasteiger partial charge >= 0.3 is 0 Å². The highest BCUT2D eigenvalue weighted by Gasteiger charge is 2.17. The number of benzene rings is 3. The fourth-order valence-electron chi connectivity index (χ4n) is 3.00. The Hall–Kier alpha value is -2.28. The molecule has 0 atom stereocenters. The predicted molar refractivity (Wildman–Crippen MR) is 86.1 cm³/mol. The Bertz CT molecular complexity index is 760. The van der Waals surface area contributed by atoms with Gasteiger partial charge in [0.25, 0.3) is 0 Å². The van der Waals surface area contributed by atoms with Crippen LogP contribution in [-0.2, 0) is 6.42 Å². The molecule has 1 radical (unpaired) electrons. The van der Waals surface area contributed by atoms with Crippen molar-refractivity contribution in [1.29, 1.82) is 0 Å². The zero-order valence-corrected chi connectivity index (χ0v) is 11.2. The molecule has 1 heteroatoms. The summed E-state index contributed by atoms with van der Waals surface area (Å²) in [5.41, 5.74) is 8.21. The minimum Gasteiger partial charge on any atom is -0.0814 e. The van der Waals surface area contributed by atoms with E-state index in [1.165, 1.54) is 33.2 Å². The molecule has 0 saturated carbocycles. The minimum absolute atomic E-state index is 1.06. The van der Waals surface area contributed by atoms with E-state index < -0.39 is 0 Å². The SMILES string of the molecule is [B](c1ccccc1)c1ccc2c(c1)Cc1ccccc1-2. The van der Waals surface area contributed by atoms with Gasteiger partial charge in [-0.25, -0.2) is 0 Å². The molecule has 0 aromatic heterocycles. The van der Waals surface area contributed by atoms with Crippen molar-refractivity contribution in [2.45, 2.75) is 6.42 Å². The highest BCUT2D eigenvalue weighted by atomic mass is 14.2. The Morgan fingerprint density at radius 3 is 2.25 bits per heavy atom. The van der Waals surface area contributed by atoms with Crippen molar-refractivity contribution in [1.82, 2.24) is 0 Å². The Morgan fingerprint density at radius 1 is 0.600 bits per heavy atom. The maximum absolute atomic E-state index is 2.32. The lowest BCUT2D eigenvalue weighted by Gasteiger charge is -2.05. The second-order valence-corrected chi connectivity index (χ2v) is 5.31. The van der Waals surface area contributed by atoms with Gasteiger partial charge in [-0.1, -0.05) is 83.7 Å². The molecule has 20 heavy (non-hydrogen) atoms. The van der Waals surface area contributed by atoms with Gasteiger partial charge in [-0.05, 0) is 28.7 Å². The summed E-state index contributed by atoms with van der Waals surface area (Å²) in [6, 6.07) is 26.0. The van der Waals surface area contributed by atoms with E-state index in [9.17, 15) is 0 Å². The first-order valence-corrected chi connectivity index (χ1v) is 7.01. The van der Waals surface area contributed by atoms with E-state index >= 15 is 0 Å². The van der Waals surface area contributed by atoms with Crippen molar-refractivity contribution in [3.05, 3.63) is 83.9 Å². The van der Waals surface area contributed by atoms with Crippen molar-refractivity contribution < 1.29 is 0 Å². The van der Waals surface area contributed by atoms with Crippen molar-refractivity contribution >= 4 is 18.2 Å². The van der Waals surface area contributed by atoms with Gasteiger partial charge in [-0.3, -0.25) is 0 Å². The van der Waals surface area contributed by atoms with E-state index in [1.54, 1.807) is 0 Å². The lowest BCUT2D eigenvalue weighted by Crippen LogP contribution is -2.26. The van der Waals surface area contributed by atoms with Gasteiger partial charge in [0, 0.05) is 0 Å². The summed E-state index contributed by atoms with van der Waals surface area (Å²) >= 11 is 0. The highest BCUT2D eigenvalue weighted by Crippen LogP contribution is 2.35. The van der Waals surface area contributed by atoms with Crippen LogP contribution < -0.4 is 10.9 Å². The minimum atomic E-state index is 1.06. The van der Waals surface area contributed by atoms with Gasteiger partial charge in [0.1, 0.15) is 0 Å². The molecule has 4 rings (SSSR count). The normalized spacial score (nSPS) is 11.8. The first-order chi connectivity index (χ1) is 9.90. The van der Waals surface area contributed by atoms with Gasteiger partial charge in [-0.15, -0.1) is 0 Å². The second-order valence-electron chi connectivity index (χ2n) is 5.31. The van der Waals surface area contributed by atoms with Gasteiger partial charge in [0.05, 0.1) is 0 Å². The number of fused-ring (bicyclic) bond motifs is 3. The molecule has 0 N–H and O–H groups in total. The van der Waals surface area contributed by atoms with Gasteiger partial charge < -0.3 is 0 Å². The average molecular weight is 253 g/mol.